The number of hydrogen-bond donors (Lipinski definition) is 1. The lowest BCUT2D eigenvalue weighted by Gasteiger charge is -2.21. The number of fused-ring (bicyclic) bond motifs is 1. The molecule has 1 aliphatic rings. The van der Waals surface area contributed by atoms with E-state index in [4.69, 9.17) is 9.47 Å². The number of nitrogens with one attached hydrogen (secondary N) is 1. The Kier molecular flexibility index (Phi) is 5.15. The number of carbonyl (C=O) groups excluding carboxylic acids is 1. The van der Waals surface area contributed by atoms with E-state index in [-0.39, 0.29) is 18.0 Å². The zero-order valence-electron chi connectivity index (χ0n) is 12.9. The molecule has 6 nitrogen and oxygen atoms in total. The molecule has 2 aromatic rings. The van der Waals surface area contributed by atoms with Gasteiger partial charge in [-0.15, -0.1) is 11.8 Å². The Morgan fingerprint density at radius 2 is 2.00 bits per heavy atom. The van der Waals surface area contributed by atoms with E-state index in [9.17, 15) is 9.59 Å². The molecule has 0 radical (unpaired) electrons. The van der Waals surface area contributed by atoms with Crippen molar-refractivity contribution in [2.75, 3.05) is 24.8 Å². The van der Waals surface area contributed by atoms with Gasteiger partial charge >= 0.3 is 0 Å². The topological polar surface area (TPSA) is 69.6 Å². The van der Waals surface area contributed by atoms with Gasteiger partial charge in [0.25, 0.3) is 5.56 Å². The summed E-state index contributed by atoms with van der Waals surface area (Å²) in [5, 5.41) is 2.84. The summed E-state index contributed by atoms with van der Waals surface area (Å²) in [6.07, 6.45) is 3.50. The molecule has 1 aromatic heterocycles. The molecule has 24 heavy (non-hydrogen) atoms. The Morgan fingerprint density at radius 3 is 2.71 bits per heavy atom. The summed E-state index contributed by atoms with van der Waals surface area (Å²) in [6.45, 7) is 0.922. The molecule has 0 aliphatic carbocycles. The highest BCUT2D eigenvalue weighted by molar-refractivity contribution is 9.10. The van der Waals surface area contributed by atoms with Gasteiger partial charge < -0.3 is 19.4 Å². The molecular formula is C16H15BrN2O4S. The number of aromatic nitrogens is 1. The summed E-state index contributed by atoms with van der Waals surface area (Å²) >= 11 is 4.79. The van der Waals surface area contributed by atoms with Crippen molar-refractivity contribution >= 4 is 39.3 Å². The fourth-order valence-electron chi connectivity index (χ4n) is 2.31. The molecule has 0 unspecified atom stereocenters. The molecule has 0 atom stereocenters. The monoisotopic (exact) mass is 410 g/mol. The van der Waals surface area contributed by atoms with E-state index < -0.39 is 0 Å². The minimum absolute atomic E-state index is 0.0689. The molecule has 3 rings (SSSR count). The van der Waals surface area contributed by atoms with Crippen LogP contribution in [-0.2, 0) is 11.3 Å². The third-order valence-corrected chi connectivity index (χ3v) is 4.65. The molecule has 1 amide bonds. The number of amides is 1. The first-order valence-corrected chi connectivity index (χ1v) is 9.22. The summed E-state index contributed by atoms with van der Waals surface area (Å²) in [5.74, 6) is 0.989. The van der Waals surface area contributed by atoms with Crippen LogP contribution in [0.3, 0.4) is 0 Å². The molecule has 0 saturated carbocycles. The summed E-state index contributed by atoms with van der Waals surface area (Å²) in [6, 6.07) is 6.65. The average Bonchev–Trinajstić information content (AvgIpc) is 2.57. The van der Waals surface area contributed by atoms with E-state index >= 15 is 0 Å². The minimum Gasteiger partial charge on any atom is -0.486 e. The van der Waals surface area contributed by atoms with Crippen LogP contribution < -0.4 is 20.3 Å². The third-order valence-electron chi connectivity index (χ3n) is 3.40. The Bertz CT molecular complexity index is 837. The van der Waals surface area contributed by atoms with Crippen molar-refractivity contribution in [3.8, 4) is 11.5 Å². The van der Waals surface area contributed by atoms with Crippen molar-refractivity contribution in [1.29, 1.82) is 0 Å². The van der Waals surface area contributed by atoms with Crippen LogP contribution in [0.25, 0.3) is 0 Å². The molecule has 126 valence electrons. The number of halogens is 1. The normalized spacial score (nSPS) is 12.8. The number of anilines is 1. The highest BCUT2D eigenvalue weighted by Crippen LogP contribution is 2.39. The average molecular weight is 411 g/mol. The fourth-order valence-corrected chi connectivity index (χ4v) is 3.24. The van der Waals surface area contributed by atoms with Crippen LogP contribution in [0.15, 0.2) is 44.6 Å². The maximum atomic E-state index is 12.3. The van der Waals surface area contributed by atoms with Crippen molar-refractivity contribution in [3.05, 3.63) is 45.3 Å². The van der Waals surface area contributed by atoms with E-state index in [1.807, 2.05) is 12.3 Å². The van der Waals surface area contributed by atoms with Gasteiger partial charge in [0.15, 0.2) is 11.5 Å². The van der Waals surface area contributed by atoms with Crippen molar-refractivity contribution < 1.29 is 14.3 Å². The van der Waals surface area contributed by atoms with Gasteiger partial charge in [-0.25, -0.2) is 0 Å². The number of hydrogen-bond acceptors (Lipinski definition) is 5. The largest absolute Gasteiger partial charge is 0.486 e. The molecule has 0 fully saturated rings. The number of thioether (sulfide) groups is 1. The van der Waals surface area contributed by atoms with Gasteiger partial charge in [-0.1, -0.05) is 0 Å². The van der Waals surface area contributed by atoms with E-state index in [0.29, 0.717) is 30.4 Å². The molecule has 2 heterocycles. The van der Waals surface area contributed by atoms with E-state index in [2.05, 4.69) is 21.2 Å². The Balaban J connectivity index is 1.81. The maximum absolute atomic E-state index is 12.3. The van der Waals surface area contributed by atoms with Crippen LogP contribution in [0.2, 0.25) is 0 Å². The summed E-state index contributed by atoms with van der Waals surface area (Å²) < 4.78 is 13.2. The first-order chi connectivity index (χ1) is 11.6. The number of nitrogens with zero attached hydrogens (tertiary/aromatic N) is 1. The molecular weight excluding hydrogens is 396 g/mol. The zero-order chi connectivity index (χ0) is 17.1. The van der Waals surface area contributed by atoms with E-state index in [0.717, 1.165) is 9.37 Å². The second kappa shape index (κ2) is 7.31. The number of benzene rings is 1. The first kappa shape index (κ1) is 16.9. The highest BCUT2D eigenvalue weighted by Gasteiger charge is 2.17. The lowest BCUT2D eigenvalue weighted by molar-refractivity contribution is -0.116. The molecule has 1 aliphatic heterocycles. The molecule has 0 saturated heterocycles. The Hall–Kier alpha value is -1.93. The number of rotatable bonds is 4. The van der Waals surface area contributed by atoms with Crippen LogP contribution >= 0.6 is 27.7 Å². The van der Waals surface area contributed by atoms with Gasteiger partial charge in [0.05, 0.1) is 5.69 Å². The van der Waals surface area contributed by atoms with Crippen molar-refractivity contribution in [2.24, 2.45) is 0 Å². The molecule has 8 heteroatoms. The predicted molar refractivity (Wildman–Crippen MR) is 96.2 cm³/mol. The van der Waals surface area contributed by atoms with Crippen LogP contribution in [0.1, 0.15) is 0 Å². The van der Waals surface area contributed by atoms with Gasteiger partial charge in [-0.3, -0.25) is 9.59 Å². The zero-order valence-corrected chi connectivity index (χ0v) is 15.3. The number of carbonyl (C=O) groups is 1. The molecule has 1 aromatic carbocycles. The number of pyridine rings is 1. The minimum atomic E-state index is -0.290. The van der Waals surface area contributed by atoms with Crippen molar-refractivity contribution in [2.45, 2.75) is 11.4 Å². The van der Waals surface area contributed by atoms with Gasteiger partial charge in [-0.2, -0.15) is 0 Å². The summed E-state index contributed by atoms with van der Waals surface area (Å²) in [4.78, 5) is 25.0. The van der Waals surface area contributed by atoms with Gasteiger partial charge in [0.1, 0.15) is 19.8 Å². The van der Waals surface area contributed by atoms with Gasteiger partial charge in [0, 0.05) is 27.7 Å². The summed E-state index contributed by atoms with van der Waals surface area (Å²) in [5.41, 5.74) is 0.403. The molecule has 0 bridgehead atoms. The lowest BCUT2D eigenvalue weighted by atomic mass is 10.2. The lowest BCUT2D eigenvalue weighted by Crippen LogP contribution is -2.27. The van der Waals surface area contributed by atoms with Gasteiger partial charge in [0.2, 0.25) is 5.91 Å². The van der Waals surface area contributed by atoms with E-state index in [1.165, 1.54) is 22.4 Å². The second-order valence-electron chi connectivity index (χ2n) is 5.06. The van der Waals surface area contributed by atoms with Crippen LogP contribution in [0.5, 0.6) is 11.5 Å². The van der Waals surface area contributed by atoms with Crippen molar-refractivity contribution in [3.63, 3.8) is 0 Å². The Morgan fingerprint density at radius 1 is 1.29 bits per heavy atom. The standard InChI is InChI=1S/C16H15BrN2O4S/c1-24-14-7-13-12(22-4-5-23-13)6-11(14)18-15(20)9-19-8-10(17)2-3-16(19)21/h2-3,6-8H,4-5,9H2,1H3,(H,18,20). The van der Waals surface area contributed by atoms with E-state index in [1.54, 1.807) is 18.3 Å². The predicted octanol–water partition coefficient (Wildman–Crippen LogP) is 2.74. The Labute approximate surface area is 151 Å². The first-order valence-electron chi connectivity index (χ1n) is 7.20. The van der Waals surface area contributed by atoms with Crippen LogP contribution in [0.4, 0.5) is 5.69 Å². The fraction of sp³-hybridized carbons (Fsp3) is 0.250. The third kappa shape index (κ3) is 3.76. The van der Waals surface area contributed by atoms with Crippen molar-refractivity contribution in [1.82, 2.24) is 4.57 Å². The smallest absolute Gasteiger partial charge is 0.251 e. The second-order valence-corrected chi connectivity index (χ2v) is 6.82. The molecule has 1 N–H and O–H groups in total. The maximum Gasteiger partial charge on any atom is 0.251 e. The SMILES string of the molecule is CSc1cc2c(cc1NC(=O)Cn1cc(Br)ccc1=O)OCCO2. The summed E-state index contributed by atoms with van der Waals surface area (Å²) in [7, 11) is 0. The number of ether oxygens (including phenoxy) is 2. The van der Waals surface area contributed by atoms with Crippen LogP contribution in [0, 0.1) is 0 Å². The highest BCUT2D eigenvalue weighted by atomic mass is 79.9. The molecule has 0 spiro atoms. The van der Waals surface area contributed by atoms with Crippen LogP contribution in [-0.4, -0.2) is 29.9 Å². The van der Waals surface area contributed by atoms with Gasteiger partial charge in [-0.05, 0) is 34.3 Å². The quantitative estimate of drug-likeness (QED) is 0.784.